The Morgan fingerprint density at radius 2 is 1.60 bits per heavy atom. The number of sulfonamides is 1. The van der Waals surface area contributed by atoms with Gasteiger partial charge in [-0.1, -0.05) is 85.6 Å². The zero-order valence-electron chi connectivity index (χ0n) is 23.1. The fourth-order valence-electron chi connectivity index (χ4n) is 4.32. The van der Waals surface area contributed by atoms with Crippen LogP contribution in [0.25, 0.3) is 0 Å². The van der Waals surface area contributed by atoms with E-state index in [1.54, 1.807) is 37.3 Å². The van der Waals surface area contributed by atoms with E-state index in [1.807, 2.05) is 56.3 Å². The molecule has 214 valence electrons. The minimum atomic E-state index is -3.84. The fraction of sp³-hybridized carbons (Fsp3) is 0.333. The van der Waals surface area contributed by atoms with Gasteiger partial charge in [0.25, 0.3) is 0 Å². The van der Waals surface area contributed by atoms with Crippen molar-refractivity contribution in [1.29, 1.82) is 0 Å². The van der Waals surface area contributed by atoms with E-state index < -0.39 is 28.5 Å². The number of hydrogen-bond acceptors (Lipinski definition) is 4. The van der Waals surface area contributed by atoms with Crippen molar-refractivity contribution in [3.8, 4) is 0 Å². The van der Waals surface area contributed by atoms with Crippen LogP contribution in [-0.2, 0) is 32.6 Å². The van der Waals surface area contributed by atoms with Gasteiger partial charge in [-0.15, -0.1) is 0 Å². The van der Waals surface area contributed by atoms with Gasteiger partial charge < -0.3 is 10.2 Å². The van der Waals surface area contributed by atoms with E-state index in [9.17, 15) is 18.0 Å². The van der Waals surface area contributed by atoms with Gasteiger partial charge in [0.1, 0.15) is 12.6 Å². The summed E-state index contributed by atoms with van der Waals surface area (Å²) in [5.74, 6) is -0.633. The highest BCUT2D eigenvalue weighted by atomic mass is 35.5. The molecule has 3 aromatic rings. The Morgan fingerprint density at radius 1 is 0.950 bits per heavy atom. The molecule has 0 aliphatic rings. The Labute approximate surface area is 247 Å². The molecule has 0 unspecified atom stereocenters. The smallest absolute Gasteiger partial charge is 0.244 e. The zero-order chi connectivity index (χ0) is 29.4. The minimum Gasteiger partial charge on any atom is -0.355 e. The number of nitrogens with zero attached hydrogens (tertiary/aromatic N) is 2. The lowest BCUT2D eigenvalue weighted by atomic mass is 10.0. The van der Waals surface area contributed by atoms with Crippen LogP contribution in [0.4, 0.5) is 5.69 Å². The molecular weight excluding hydrogens is 569 g/mol. The SMILES string of the molecule is CCNC(=O)[C@@H](Cc1ccccc1)N(Cc1ccc(Cl)cc1Cl)C(=O)CN(c1ccc(C(C)C)cc1)S(C)(=O)=O. The van der Waals surface area contributed by atoms with Crippen molar-refractivity contribution >= 4 is 50.7 Å². The summed E-state index contributed by atoms with van der Waals surface area (Å²) >= 11 is 12.6. The lowest BCUT2D eigenvalue weighted by Crippen LogP contribution is -2.53. The number of hydrogen-bond donors (Lipinski definition) is 1. The highest BCUT2D eigenvalue weighted by molar-refractivity contribution is 7.92. The molecule has 3 aromatic carbocycles. The van der Waals surface area contributed by atoms with Crippen molar-refractivity contribution in [2.24, 2.45) is 0 Å². The van der Waals surface area contributed by atoms with Crippen LogP contribution >= 0.6 is 23.2 Å². The first-order valence-corrected chi connectivity index (χ1v) is 15.6. The van der Waals surface area contributed by atoms with Crippen molar-refractivity contribution in [2.75, 3.05) is 23.7 Å². The summed E-state index contributed by atoms with van der Waals surface area (Å²) in [6.07, 6.45) is 1.29. The number of amides is 2. The Hall–Kier alpha value is -3.07. The molecule has 0 aromatic heterocycles. The second kappa shape index (κ2) is 14.0. The minimum absolute atomic E-state index is 0.0205. The lowest BCUT2D eigenvalue weighted by molar-refractivity contribution is -0.140. The standard InChI is InChI=1S/C30H35Cl2N3O4S/c1-5-33-30(37)28(17-22-9-7-6-8-10-22)34(19-24-11-14-25(31)18-27(24)32)29(36)20-35(40(4,38)39)26-15-12-23(13-16-26)21(2)3/h6-16,18,21,28H,5,17,19-20H2,1-4H3,(H,33,37)/t28-/m1/s1. The van der Waals surface area contributed by atoms with Crippen LogP contribution < -0.4 is 9.62 Å². The van der Waals surface area contributed by atoms with Crippen LogP contribution in [-0.4, -0.2) is 50.5 Å². The number of rotatable bonds is 12. The van der Waals surface area contributed by atoms with Gasteiger partial charge in [-0.3, -0.25) is 13.9 Å². The molecule has 0 heterocycles. The van der Waals surface area contributed by atoms with E-state index in [4.69, 9.17) is 23.2 Å². The second-order valence-corrected chi connectivity index (χ2v) is 12.6. The van der Waals surface area contributed by atoms with Gasteiger partial charge in [-0.25, -0.2) is 8.42 Å². The van der Waals surface area contributed by atoms with Crippen LogP contribution in [0.3, 0.4) is 0 Å². The van der Waals surface area contributed by atoms with Crippen molar-refractivity contribution < 1.29 is 18.0 Å². The van der Waals surface area contributed by atoms with Crippen molar-refractivity contribution in [3.05, 3.63) is 99.5 Å². The molecule has 0 aliphatic carbocycles. The van der Waals surface area contributed by atoms with Crippen molar-refractivity contribution in [1.82, 2.24) is 10.2 Å². The third-order valence-electron chi connectivity index (χ3n) is 6.50. The highest BCUT2D eigenvalue weighted by Crippen LogP contribution is 2.26. The van der Waals surface area contributed by atoms with Crippen molar-refractivity contribution in [2.45, 2.75) is 45.7 Å². The fourth-order valence-corrected chi connectivity index (χ4v) is 5.64. The van der Waals surface area contributed by atoms with Gasteiger partial charge in [0, 0.05) is 29.6 Å². The summed E-state index contributed by atoms with van der Waals surface area (Å²) in [6.45, 7) is 5.74. The quantitative estimate of drug-likeness (QED) is 0.289. The van der Waals surface area contributed by atoms with Crippen LogP contribution in [0.2, 0.25) is 10.0 Å². The third-order valence-corrected chi connectivity index (χ3v) is 8.23. The van der Waals surface area contributed by atoms with E-state index >= 15 is 0 Å². The summed E-state index contributed by atoms with van der Waals surface area (Å²) in [4.78, 5) is 28.8. The van der Waals surface area contributed by atoms with Gasteiger partial charge in [-0.05, 0) is 53.8 Å². The topological polar surface area (TPSA) is 86.8 Å². The summed E-state index contributed by atoms with van der Waals surface area (Å²) in [7, 11) is -3.84. The number of anilines is 1. The number of carbonyl (C=O) groups excluding carboxylic acids is 2. The molecule has 0 spiro atoms. The van der Waals surface area contributed by atoms with E-state index in [0.717, 1.165) is 21.7 Å². The van der Waals surface area contributed by atoms with Gasteiger partial charge in [-0.2, -0.15) is 0 Å². The van der Waals surface area contributed by atoms with Gasteiger partial charge in [0.2, 0.25) is 21.8 Å². The van der Waals surface area contributed by atoms with E-state index in [1.165, 1.54) is 4.90 Å². The Balaban J connectivity index is 2.05. The predicted molar refractivity (Wildman–Crippen MR) is 162 cm³/mol. The molecule has 40 heavy (non-hydrogen) atoms. The van der Waals surface area contributed by atoms with Crippen molar-refractivity contribution in [3.63, 3.8) is 0 Å². The molecule has 1 atom stereocenters. The Morgan fingerprint density at radius 3 is 2.15 bits per heavy atom. The first-order chi connectivity index (χ1) is 18.9. The van der Waals surface area contributed by atoms with Gasteiger partial charge in [0.15, 0.2) is 0 Å². The van der Waals surface area contributed by atoms with E-state index in [0.29, 0.717) is 27.8 Å². The largest absolute Gasteiger partial charge is 0.355 e. The summed E-state index contributed by atoms with van der Waals surface area (Å²) in [6, 6.07) is 20.4. The molecule has 0 bridgehead atoms. The summed E-state index contributed by atoms with van der Waals surface area (Å²) < 4.78 is 26.9. The molecule has 0 radical (unpaired) electrons. The number of nitrogens with one attached hydrogen (secondary N) is 1. The maximum Gasteiger partial charge on any atom is 0.244 e. The number of benzene rings is 3. The number of carbonyl (C=O) groups is 2. The molecule has 10 heteroatoms. The number of halogens is 2. The first kappa shape index (κ1) is 31.5. The Bertz CT molecular complexity index is 1410. The third kappa shape index (κ3) is 8.46. The normalized spacial score (nSPS) is 12.2. The summed E-state index contributed by atoms with van der Waals surface area (Å²) in [5, 5.41) is 3.60. The maximum atomic E-state index is 14.0. The van der Waals surface area contributed by atoms with Crippen LogP contribution in [0.1, 0.15) is 43.4 Å². The number of likely N-dealkylation sites (N-methyl/N-ethyl adjacent to an activating group) is 1. The monoisotopic (exact) mass is 603 g/mol. The zero-order valence-corrected chi connectivity index (χ0v) is 25.4. The second-order valence-electron chi connectivity index (χ2n) is 9.87. The lowest BCUT2D eigenvalue weighted by Gasteiger charge is -2.33. The average molecular weight is 605 g/mol. The van der Waals surface area contributed by atoms with E-state index in [-0.39, 0.29) is 24.8 Å². The summed E-state index contributed by atoms with van der Waals surface area (Å²) in [5.41, 5.74) is 2.83. The van der Waals surface area contributed by atoms with Crippen LogP contribution in [0.15, 0.2) is 72.8 Å². The van der Waals surface area contributed by atoms with Gasteiger partial charge in [0.05, 0.1) is 11.9 Å². The van der Waals surface area contributed by atoms with Crippen LogP contribution in [0.5, 0.6) is 0 Å². The molecule has 1 N–H and O–H groups in total. The first-order valence-electron chi connectivity index (χ1n) is 13.0. The maximum absolute atomic E-state index is 14.0. The molecule has 3 rings (SSSR count). The molecule has 0 aliphatic heterocycles. The highest BCUT2D eigenvalue weighted by Gasteiger charge is 2.33. The molecule has 2 amide bonds. The average Bonchev–Trinajstić information content (AvgIpc) is 2.90. The molecular formula is C30H35Cl2N3O4S. The van der Waals surface area contributed by atoms with Crippen LogP contribution in [0, 0.1) is 0 Å². The Kier molecular flexibility index (Phi) is 11.0. The molecule has 7 nitrogen and oxygen atoms in total. The molecule has 0 saturated carbocycles. The van der Waals surface area contributed by atoms with E-state index in [2.05, 4.69) is 5.32 Å². The molecule has 0 saturated heterocycles. The predicted octanol–water partition coefficient (Wildman–Crippen LogP) is 5.66. The van der Waals surface area contributed by atoms with Gasteiger partial charge >= 0.3 is 0 Å². The molecule has 0 fully saturated rings.